The summed E-state index contributed by atoms with van der Waals surface area (Å²) in [5, 5.41) is 8.03. The molecule has 8 nitrogen and oxygen atoms in total. The van der Waals surface area contributed by atoms with Crippen LogP contribution in [0, 0.1) is 0 Å². The molecule has 1 fully saturated rings. The number of rotatable bonds is 2. The molecule has 3 aromatic rings. The van der Waals surface area contributed by atoms with E-state index in [0.29, 0.717) is 6.01 Å². The van der Waals surface area contributed by atoms with Gasteiger partial charge in [-0.3, -0.25) is 4.57 Å². The van der Waals surface area contributed by atoms with Crippen molar-refractivity contribution in [1.82, 2.24) is 19.7 Å². The van der Waals surface area contributed by atoms with E-state index in [1.54, 1.807) is 6.34 Å². The van der Waals surface area contributed by atoms with Crippen LogP contribution in [0.15, 0.2) is 46.3 Å². The van der Waals surface area contributed by atoms with Gasteiger partial charge >= 0.3 is 6.01 Å². The number of aliphatic imine (C=N–C) groups is 1. The van der Waals surface area contributed by atoms with Crippen LogP contribution in [0.1, 0.15) is 37.3 Å². The van der Waals surface area contributed by atoms with Gasteiger partial charge in [0.15, 0.2) is 17.8 Å². The maximum Gasteiger partial charge on any atom is 0.348 e. The summed E-state index contributed by atoms with van der Waals surface area (Å²) in [5.41, 5.74) is 2.27. The Morgan fingerprint density at radius 3 is 3.00 bits per heavy atom. The van der Waals surface area contributed by atoms with Crippen LogP contribution in [0.25, 0.3) is 5.69 Å². The zero-order chi connectivity index (χ0) is 16.6. The van der Waals surface area contributed by atoms with Gasteiger partial charge in [0.05, 0.1) is 11.9 Å². The van der Waals surface area contributed by atoms with E-state index >= 15 is 0 Å². The lowest BCUT2D eigenvalue weighted by Gasteiger charge is -2.35. The van der Waals surface area contributed by atoms with Gasteiger partial charge in [-0.05, 0) is 18.9 Å². The van der Waals surface area contributed by atoms with Crippen LogP contribution in [-0.4, -0.2) is 26.0 Å². The highest BCUT2D eigenvalue weighted by Crippen LogP contribution is 2.47. The first kappa shape index (κ1) is 13.2. The maximum atomic E-state index is 5.55. The number of aromatic nitrogens is 4. The Hall–Kier alpha value is -3.16. The number of hydrogen-bond acceptors (Lipinski definition) is 7. The van der Waals surface area contributed by atoms with Crippen molar-refractivity contribution in [2.75, 3.05) is 10.0 Å². The molecule has 0 amide bonds. The van der Waals surface area contributed by atoms with Crippen molar-refractivity contribution in [3.63, 3.8) is 0 Å². The van der Waals surface area contributed by atoms with Crippen molar-refractivity contribution in [2.24, 2.45) is 4.99 Å². The molecule has 0 bridgehead atoms. The first-order valence-electron chi connectivity index (χ1n) is 8.32. The molecule has 2 aromatic heterocycles. The highest BCUT2D eigenvalue weighted by Gasteiger charge is 2.45. The van der Waals surface area contributed by atoms with Gasteiger partial charge in [-0.15, -0.1) is 0 Å². The zero-order valence-electron chi connectivity index (χ0n) is 13.6. The molecule has 3 aliphatic rings. The lowest BCUT2D eigenvalue weighted by atomic mass is 10.1. The quantitative estimate of drug-likeness (QED) is 0.717. The number of para-hydroxylation sites is 1. The molecular formula is C17H15N7O. The molecule has 0 radical (unpaired) electrons. The van der Waals surface area contributed by atoms with Crippen LogP contribution in [0.4, 0.5) is 11.8 Å². The van der Waals surface area contributed by atoms with E-state index in [-0.39, 0.29) is 11.6 Å². The summed E-state index contributed by atoms with van der Waals surface area (Å²) in [6.45, 7) is 2.16. The fourth-order valence-electron chi connectivity index (χ4n) is 3.49. The zero-order valence-corrected chi connectivity index (χ0v) is 13.6. The molecule has 4 heterocycles. The van der Waals surface area contributed by atoms with Gasteiger partial charge in [-0.25, -0.2) is 15.0 Å². The standard InChI is InChI=1S/C17H15N7O/c1-17(6-7-17)15-20-16(25-21-15)23-10-19-14-11-4-2-3-5-12(11)22-9-18-8-13(22)24(14)23/h2-5,8-10,14H,6-7H2,1H3. The van der Waals surface area contributed by atoms with Crippen molar-refractivity contribution < 1.29 is 4.52 Å². The summed E-state index contributed by atoms with van der Waals surface area (Å²) in [5.74, 6) is 1.68. The van der Waals surface area contributed by atoms with Gasteiger partial charge in [0.1, 0.15) is 12.7 Å². The van der Waals surface area contributed by atoms with Gasteiger partial charge in [-0.1, -0.05) is 30.3 Å². The summed E-state index contributed by atoms with van der Waals surface area (Å²) >= 11 is 0. The highest BCUT2D eigenvalue weighted by atomic mass is 16.5. The van der Waals surface area contributed by atoms with Crippen molar-refractivity contribution in [3.8, 4) is 5.69 Å². The Morgan fingerprint density at radius 1 is 1.24 bits per heavy atom. The van der Waals surface area contributed by atoms with Crippen molar-refractivity contribution >= 4 is 18.2 Å². The molecule has 1 saturated carbocycles. The van der Waals surface area contributed by atoms with Gasteiger partial charge in [-0.2, -0.15) is 9.99 Å². The van der Waals surface area contributed by atoms with Crippen LogP contribution in [0.3, 0.4) is 0 Å². The van der Waals surface area contributed by atoms with Crippen molar-refractivity contribution in [3.05, 3.63) is 48.2 Å². The number of imidazole rings is 1. The van der Waals surface area contributed by atoms with E-state index in [2.05, 4.69) is 39.2 Å². The molecular weight excluding hydrogens is 318 g/mol. The molecule has 1 aromatic carbocycles. The molecule has 25 heavy (non-hydrogen) atoms. The number of benzene rings is 1. The summed E-state index contributed by atoms with van der Waals surface area (Å²) in [6, 6.07) is 8.64. The van der Waals surface area contributed by atoms with Crippen LogP contribution in [0.5, 0.6) is 0 Å². The van der Waals surface area contributed by atoms with E-state index in [9.17, 15) is 0 Å². The Labute approximate surface area is 143 Å². The molecule has 0 N–H and O–H groups in total. The van der Waals surface area contributed by atoms with Gasteiger partial charge in [0.25, 0.3) is 0 Å². The minimum atomic E-state index is -0.160. The first-order valence-corrected chi connectivity index (χ1v) is 8.32. The normalized spacial score (nSPS) is 21.9. The predicted molar refractivity (Wildman–Crippen MR) is 90.6 cm³/mol. The molecule has 1 aliphatic carbocycles. The summed E-state index contributed by atoms with van der Waals surface area (Å²) in [4.78, 5) is 13.6. The Bertz CT molecular complexity index is 1020. The SMILES string of the molecule is CC1(c2noc(N3C=NC4c5ccccc5-n5cncc5N43)n2)CC1. The van der Waals surface area contributed by atoms with E-state index in [0.717, 1.165) is 35.7 Å². The fraction of sp³-hybridized carbons (Fsp3) is 0.294. The number of hydrazine groups is 1. The fourth-order valence-corrected chi connectivity index (χ4v) is 3.49. The lowest BCUT2D eigenvalue weighted by molar-refractivity contribution is 0.406. The molecule has 1 atom stereocenters. The Kier molecular flexibility index (Phi) is 2.25. The monoisotopic (exact) mass is 333 g/mol. The molecule has 8 heteroatoms. The number of nitrogens with zero attached hydrogens (tertiary/aromatic N) is 7. The van der Waals surface area contributed by atoms with E-state index in [4.69, 9.17) is 4.52 Å². The topological polar surface area (TPSA) is 75.6 Å². The molecule has 6 rings (SSSR count). The summed E-state index contributed by atoms with van der Waals surface area (Å²) in [6.07, 6.45) is 7.43. The largest absolute Gasteiger partial charge is 0.348 e. The van der Waals surface area contributed by atoms with Gasteiger partial charge in [0.2, 0.25) is 0 Å². The van der Waals surface area contributed by atoms with Gasteiger partial charge < -0.3 is 4.52 Å². The van der Waals surface area contributed by atoms with E-state index in [1.807, 2.05) is 39.2 Å². The minimum Gasteiger partial charge on any atom is -0.313 e. The third kappa shape index (κ3) is 1.66. The van der Waals surface area contributed by atoms with Crippen molar-refractivity contribution in [2.45, 2.75) is 31.3 Å². The van der Waals surface area contributed by atoms with Crippen LogP contribution < -0.4 is 10.0 Å². The molecule has 124 valence electrons. The van der Waals surface area contributed by atoms with Crippen LogP contribution in [-0.2, 0) is 5.41 Å². The minimum absolute atomic E-state index is 0.0638. The third-order valence-corrected chi connectivity index (χ3v) is 5.26. The number of hydrogen-bond donors (Lipinski definition) is 0. The highest BCUT2D eigenvalue weighted by molar-refractivity contribution is 5.84. The molecule has 0 spiro atoms. The average molecular weight is 333 g/mol. The number of anilines is 2. The van der Waals surface area contributed by atoms with Crippen LogP contribution >= 0.6 is 0 Å². The summed E-state index contributed by atoms with van der Waals surface area (Å²) in [7, 11) is 0. The number of fused-ring (bicyclic) bond motifs is 6. The first-order chi connectivity index (χ1) is 12.2. The smallest absolute Gasteiger partial charge is 0.313 e. The second kappa shape index (κ2) is 4.27. The lowest BCUT2D eigenvalue weighted by Crippen LogP contribution is -2.42. The van der Waals surface area contributed by atoms with E-state index < -0.39 is 0 Å². The molecule has 0 saturated heterocycles. The Balaban J connectivity index is 1.47. The Morgan fingerprint density at radius 2 is 2.12 bits per heavy atom. The molecule has 2 aliphatic heterocycles. The molecule has 1 unspecified atom stereocenters. The summed E-state index contributed by atoms with van der Waals surface area (Å²) < 4.78 is 7.59. The van der Waals surface area contributed by atoms with Gasteiger partial charge in [0, 0.05) is 11.0 Å². The van der Waals surface area contributed by atoms with Crippen molar-refractivity contribution in [1.29, 1.82) is 0 Å². The average Bonchev–Trinajstić information content (AvgIpc) is 3.12. The predicted octanol–water partition coefficient (Wildman–Crippen LogP) is 2.59. The maximum absolute atomic E-state index is 5.55. The van der Waals surface area contributed by atoms with Crippen LogP contribution in [0.2, 0.25) is 0 Å². The van der Waals surface area contributed by atoms with E-state index in [1.165, 1.54) is 0 Å². The second-order valence-electron chi connectivity index (χ2n) is 6.97. The third-order valence-electron chi connectivity index (χ3n) is 5.26. The second-order valence-corrected chi connectivity index (χ2v) is 6.97.